The van der Waals surface area contributed by atoms with Gasteiger partial charge in [0.25, 0.3) is 0 Å². The molecule has 29 heavy (non-hydrogen) atoms. The fraction of sp³-hybridized carbons (Fsp3) is 0.333. The number of piperidine rings is 1. The first kappa shape index (κ1) is 19.4. The summed E-state index contributed by atoms with van der Waals surface area (Å²) in [5.41, 5.74) is 3.95. The van der Waals surface area contributed by atoms with Crippen LogP contribution < -0.4 is 5.32 Å². The summed E-state index contributed by atoms with van der Waals surface area (Å²) < 4.78 is 0. The highest BCUT2D eigenvalue weighted by molar-refractivity contribution is 5.97. The van der Waals surface area contributed by atoms with Gasteiger partial charge in [-0.3, -0.25) is 14.5 Å². The van der Waals surface area contributed by atoms with Crippen molar-refractivity contribution in [3.8, 4) is 0 Å². The van der Waals surface area contributed by atoms with Crippen LogP contribution in [0.3, 0.4) is 0 Å². The molecule has 5 heteroatoms. The van der Waals surface area contributed by atoms with Crippen molar-refractivity contribution in [1.29, 1.82) is 0 Å². The number of aromatic amines is 1. The molecular formula is C24H27N3O2. The second-order valence-corrected chi connectivity index (χ2v) is 7.90. The van der Waals surface area contributed by atoms with Crippen LogP contribution in [0.5, 0.6) is 0 Å². The number of fused-ring (bicyclic) bond motifs is 1. The highest BCUT2D eigenvalue weighted by Crippen LogP contribution is 2.33. The molecule has 0 unspecified atom stereocenters. The van der Waals surface area contributed by atoms with E-state index < -0.39 is 0 Å². The zero-order valence-electron chi connectivity index (χ0n) is 16.9. The predicted molar refractivity (Wildman–Crippen MR) is 116 cm³/mol. The van der Waals surface area contributed by atoms with Gasteiger partial charge in [-0.1, -0.05) is 18.2 Å². The molecule has 150 valence electrons. The molecule has 2 N–H and O–H groups in total. The van der Waals surface area contributed by atoms with Crippen LogP contribution in [-0.2, 0) is 4.79 Å². The molecule has 2 heterocycles. The van der Waals surface area contributed by atoms with Crippen LogP contribution in [0.1, 0.15) is 48.5 Å². The standard InChI is InChI=1S/C24H27N3O2/c1-16(24(29)26-20-9-7-18(8-10-20)17(2)28)27-13-11-19(12-14-27)22-15-25-23-6-4-3-5-21(22)23/h3-10,15-16,19,25H,11-14H2,1-2H3,(H,26,29)/t16-/m1/s1. The smallest absolute Gasteiger partial charge is 0.241 e. The van der Waals surface area contributed by atoms with Crippen molar-refractivity contribution >= 4 is 28.3 Å². The van der Waals surface area contributed by atoms with Crippen molar-refractivity contribution in [2.75, 3.05) is 18.4 Å². The molecule has 1 fully saturated rings. The van der Waals surface area contributed by atoms with Gasteiger partial charge < -0.3 is 10.3 Å². The molecule has 0 spiro atoms. The molecule has 5 nitrogen and oxygen atoms in total. The summed E-state index contributed by atoms with van der Waals surface area (Å²) in [5, 5.41) is 4.28. The van der Waals surface area contributed by atoms with Gasteiger partial charge in [-0.2, -0.15) is 0 Å². The van der Waals surface area contributed by atoms with E-state index in [9.17, 15) is 9.59 Å². The Hall–Kier alpha value is -2.92. The number of benzene rings is 2. The van der Waals surface area contributed by atoms with Crippen LogP contribution in [0, 0.1) is 0 Å². The fourth-order valence-corrected chi connectivity index (χ4v) is 4.23. The van der Waals surface area contributed by atoms with Gasteiger partial charge in [-0.25, -0.2) is 0 Å². The first-order valence-electron chi connectivity index (χ1n) is 10.2. The van der Waals surface area contributed by atoms with E-state index in [2.05, 4.69) is 45.7 Å². The number of anilines is 1. The van der Waals surface area contributed by atoms with Crippen molar-refractivity contribution < 1.29 is 9.59 Å². The second-order valence-electron chi connectivity index (χ2n) is 7.90. The zero-order valence-corrected chi connectivity index (χ0v) is 16.9. The van der Waals surface area contributed by atoms with Gasteiger partial charge in [0.2, 0.25) is 5.91 Å². The van der Waals surface area contributed by atoms with Crippen molar-refractivity contribution in [3.63, 3.8) is 0 Å². The summed E-state index contributed by atoms with van der Waals surface area (Å²) in [5.74, 6) is 0.539. The van der Waals surface area contributed by atoms with E-state index in [0.29, 0.717) is 11.5 Å². The number of nitrogens with one attached hydrogen (secondary N) is 2. The molecular weight excluding hydrogens is 362 g/mol. The second kappa shape index (κ2) is 8.21. The maximum absolute atomic E-state index is 12.7. The summed E-state index contributed by atoms with van der Waals surface area (Å²) in [6, 6.07) is 15.3. The Morgan fingerprint density at radius 1 is 1.07 bits per heavy atom. The van der Waals surface area contributed by atoms with E-state index in [1.54, 1.807) is 24.3 Å². The number of amides is 1. The Morgan fingerprint density at radius 2 is 1.76 bits per heavy atom. The van der Waals surface area contributed by atoms with E-state index in [4.69, 9.17) is 0 Å². The van der Waals surface area contributed by atoms with Crippen LogP contribution in [0.15, 0.2) is 54.7 Å². The molecule has 1 amide bonds. The number of likely N-dealkylation sites (tertiary alicyclic amines) is 1. The SMILES string of the molecule is CC(=O)c1ccc(NC(=O)[C@@H](C)N2CCC(c3c[nH]c4ccccc34)CC2)cc1. The summed E-state index contributed by atoms with van der Waals surface area (Å²) in [6.45, 7) is 5.31. The minimum Gasteiger partial charge on any atom is -0.361 e. The third kappa shape index (κ3) is 4.10. The summed E-state index contributed by atoms with van der Waals surface area (Å²) >= 11 is 0. The Balaban J connectivity index is 1.35. The lowest BCUT2D eigenvalue weighted by Gasteiger charge is -2.35. The van der Waals surface area contributed by atoms with Gasteiger partial charge in [-0.05, 0) is 81.6 Å². The van der Waals surface area contributed by atoms with Gasteiger partial charge in [0.05, 0.1) is 6.04 Å². The van der Waals surface area contributed by atoms with E-state index in [0.717, 1.165) is 31.6 Å². The average Bonchev–Trinajstić information content (AvgIpc) is 3.18. The van der Waals surface area contributed by atoms with E-state index in [1.807, 2.05) is 6.92 Å². The number of H-pyrrole nitrogens is 1. The van der Waals surface area contributed by atoms with E-state index in [1.165, 1.54) is 23.4 Å². The molecule has 2 aromatic carbocycles. The van der Waals surface area contributed by atoms with Crippen LogP contribution in [0.2, 0.25) is 0 Å². The normalized spacial score (nSPS) is 16.6. The van der Waals surface area contributed by atoms with Gasteiger partial charge in [0, 0.05) is 28.4 Å². The number of rotatable bonds is 5. The molecule has 0 aliphatic carbocycles. The Bertz CT molecular complexity index is 1010. The monoisotopic (exact) mass is 389 g/mol. The van der Waals surface area contributed by atoms with E-state index in [-0.39, 0.29) is 17.7 Å². The van der Waals surface area contributed by atoms with Gasteiger partial charge in [0.15, 0.2) is 5.78 Å². The van der Waals surface area contributed by atoms with Crippen molar-refractivity contribution in [2.45, 2.75) is 38.6 Å². The number of para-hydroxylation sites is 1. The zero-order chi connectivity index (χ0) is 20.4. The summed E-state index contributed by atoms with van der Waals surface area (Å²) in [7, 11) is 0. The van der Waals surface area contributed by atoms with Crippen LogP contribution in [0.25, 0.3) is 10.9 Å². The summed E-state index contributed by atoms with van der Waals surface area (Å²) in [6.07, 6.45) is 4.24. The Labute approximate surface area is 171 Å². The molecule has 0 radical (unpaired) electrons. The molecule has 1 aromatic heterocycles. The quantitative estimate of drug-likeness (QED) is 0.628. The molecule has 1 aliphatic rings. The third-order valence-electron chi connectivity index (χ3n) is 6.08. The first-order valence-corrected chi connectivity index (χ1v) is 10.2. The van der Waals surface area contributed by atoms with Crippen molar-refractivity contribution in [1.82, 2.24) is 9.88 Å². The number of Topliss-reactive ketones (excluding diaryl/α,β-unsaturated/α-hetero) is 1. The van der Waals surface area contributed by atoms with Crippen LogP contribution in [-0.4, -0.2) is 40.7 Å². The lowest BCUT2D eigenvalue weighted by Crippen LogP contribution is -2.45. The Morgan fingerprint density at radius 3 is 2.45 bits per heavy atom. The molecule has 1 aliphatic heterocycles. The van der Waals surface area contributed by atoms with Gasteiger partial charge in [0.1, 0.15) is 0 Å². The molecule has 3 aromatic rings. The van der Waals surface area contributed by atoms with E-state index >= 15 is 0 Å². The van der Waals surface area contributed by atoms with Gasteiger partial charge >= 0.3 is 0 Å². The largest absolute Gasteiger partial charge is 0.361 e. The minimum atomic E-state index is -0.189. The molecule has 1 saturated heterocycles. The molecule has 1 atom stereocenters. The van der Waals surface area contributed by atoms with Crippen LogP contribution >= 0.6 is 0 Å². The predicted octanol–water partition coefficient (Wildman–Crippen LogP) is 4.58. The number of aromatic nitrogens is 1. The highest BCUT2D eigenvalue weighted by atomic mass is 16.2. The maximum atomic E-state index is 12.7. The number of carbonyl (C=O) groups excluding carboxylic acids is 2. The number of hydrogen-bond donors (Lipinski definition) is 2. The Kier molecular flexibility index (Phi) is 5.49. The van der Waals surface area contributed by atoms with Crippen LogP contribution in [0.4, 0.5) is 5.69 Å². The van der Waals surface area contributed by atoms with Gasteiger partial charge in [-0.15, -0.1) is 0 Å². The highest BCUT2D eigenvalue weighted by Gasteiger charge is 2.28. The maximum Gasteiger partial charge on any atom is 0.241 e. The lowest BCUT2D eigenvalue weighted by molar-refractivity contribution is -0.121. The average molecular weight is 389 g/mol. The molecule has 0 bridgehead atoms. The number of ketones is 1. The lowest BCUT2D eigenvalue weighted by atomic mass is 9.88. The number of carbonyl (C=O) groups is 2. The van der Waals surface area contributed by atoms with Crippen molar-refractivity contribution in [3.05, 3.63) is 65.9 Å². The number of nitrogens with zero attached hydrogens (tertiary/aromatic N) is 1. The molecule has 0 saturated carbocycles. The summed E-state index contributed by atoms with van der Waals surface area (Å²) in [4.78, 5) is 29.7. The fourth-order valence-electron chi connectivity index (χ4n) is 4.23. The number of hydrogen-bond acceptors (Lipinski definition) is 3. The minimum absolute atomic E-state index is 0.00822. The first-order chi connectivity index (χ1) is 14.0. The molecule has 4 rings (SSSR count). The third-order valence-corrected chi connectivity index (χ3v) is 6.08. The van der Waals surface area contributed by atoms with Crippen molar-refractivity contribution in [2.24, 2.45) is 0 Å². The topological polar surface area (TPSA) is 65.2 Å².